The molecule has 1 amide bonds. The highest BCUT2D eigenvalue weighted by Crippen LogP contribution is 2.25. The van der Waals surface area contributed by atoms with Crippen LogP contribution in [0.15, 0.2) is 6.33 Å². The summed E-state index contributed by atoms with van der Waals surface area (Å²) in [5.41, 5.74) is -0.316. The van der Waals surface area contributed by atoms with Crippen LogP contribution in [0, 0.1) is 0 Å². The van der Waals surface area contributed by atoms with E-state index in [0.717, 1.165) is 6.42 Å². The SMILES string of the molecule is CC1OCCC1(C)NC(=O)c1ncn[nH]1. The second kappa shape index (κ2) is 3.62. The first-order valence-electron chi connectivity index (χ1n) is 4.91. The van der Waals surface area contributed by atoms with Crippen LogP contribution in [-0.2, 0) is 4.74 Å². The lowest BCUT2D eigenvalue weighted by atomic mass is 9.94. The van der Waals surface area contributed by atoms with Crippen molar-refractivity contribution in [3.63, 3.8) is 0 Å². The lowest BCUT2D eigenvalue weighted by molar-refractivity contribution is 0.0720. The molecule has 1 aromatic heterocycles. The van der Waals surface area contributed by atoms with E-state index in [0.29, 0.717) is 6.61 Å². The smallest absolute Gasteiger partial charge is 0.289 e. The summed E-state index contributed by atoms with van der Waals surface area (Å²) in [6.07, 6.45) is 2.14. The number of carbonyl (C=O) groups excluding carboxylic acids is 1. The number of ether oxygens (including phenoxy) is 1. The van der Waals surface area contributed by atoms with E-state index in [2.05, 4.69) is 20.5 Å². The van der Waals surface area contributed by atoms with Gasteiger partial charge >= 0.3 is 0 Å². The summed E-state index contributed by atoms with van der Waals surface area (Å²) in [4.78, 5) is 15.5. The van der Waals surface area contributed by atoms with E-state index in [1.54, 1.807) is 0 Å². The molecule has 1 aromatic rings. The topological polar surface area (TPSA) is 79.9 Å². The summed E-state index contributed by atoms with van der Waals surface area (Å²) in [6, 6.07) is 0. The van der Waals surface area contributed by atoms with E-state index >= 15 is 0 Å². The molecule has 6 nitrogen and oxygen atoms in total. The first kappa shape index (κ1) is 10.1. The summed E-state index contributed by atoms with van der Waals surface area (Å²) in [5.74, 6) is -0.0114. The van der Waals surface area contributed by atoms with Crippen molar-refractivity contribution in [1.82, 2.24) is 20.5 Å². The Morgan fingerprint density at radius 2 is 2.60 bits per heavy atom. The Bertz CT molecular complexity index is 351. The van der Waals surface area contributed by atoms with Crippen molar-refractivity contribution in [2.45, 2.75) is 31.9 Å². The van der Waals surface area contributed by atoms with Crippen LogP contribution in [0.3, 0.4) is 0 Å². The minimum Gasteiger partial charge on any atom is -0.376 e. The van der Waals surface area contributed by atoms with Crippen LogP contribution < -0.4 is 5.32 Å². The predicted octanol–water partition coefficient (Wildman–Crippen LogP) is 0.102. The number of aromatic nitrogens is 3. The maximum atomic E-state index is 11.7. The van der Waals surface area contributed by atoms with Crippen LogP contribution in [0.4, 0.5) is 0 Å². The van der Waals surface area contributed by atoms with Gasteiger partial charge in [-0.2, -0.15) is 5.10 Å². The van der Waals surface area contributed by atoms with E-state index in [-0.39, 0.29) is 23.4 Å². The third-order valence-electron chi connectivity index (χ3n) is 2.92. The van der Waals surface area contributed by atoms with Crippen LogP contribution in [0.1, 0.15) is 30.9 Å². The molecule has 0 bridgehead atoms. The van der Waals surface area contributed by atoms with Gasteiger partial charge in [-0.25, -0.2) is 4.98 Å². The molecule has 0 aromatic carbocycles. The summed E-state index contributed by atoms with van der Waals surface area (Å²) < 4.78 is 5.43. The number of H-pyrrole nitrogens is 1. The Morgan fingerprint density at radius 1 is 1.80 bits per heavy atom. The molecule has 1 aliphatic heterocycles. The zero-order chi connectivity index (χ0) is 10.9. The molecule has 1 fully saturated rings. The summed E-state index contributed by atoms with van der Waals surface area (Å²) in [6.45, 7) is 4.60. The Hall–Kier alpha value is -1.43. The zero-order valence-electron chi connectivity index (χ0n) is 8.78. The molecule has 2 unspecified atom stereocenters. The number of amides is 1. The molecule has 0 radical (unpaired) electrons. The number of carbonyl (C=O) groups is 1. The molecular weight excluding hydrogens is 196 g/mol. The van der Waals surface area contributed by atoms with Gasteiger partial charge in [-0.3, -0.25) is 9.89 Å². The standard InChI is InChI=1S/C9H14N4O2/c1-6-9(2,3-4-15-6)12-8(14)7-10-5-11-13-7/h5-6H,3-4H2,1-2H3,(H,12,14)(H,10,11,13). The second-order valence-corrected chi connectivity index (χ2v) is 3.97. The van der Waals surface area contributed by atoms with Gasteiger partial charge in [0.25, 0.3) is 5.91 Å². The van der Waals surface area contributed by atoms with Gasteiger partial charge in [0.05, 0.1) is 11.6 Å². The second-order valence-electron chi connectivity index (χ2n) is 3.97. The maximum Gasteiger partial charge on any atom is 0.289 e. The fourth-order valence-electron chi connectivity index (χ4n) is 1.63. The molecule has 1 aliphatic rings. The van der Waals surface area contributed by atoms with Crippen LogP contribution in [0.2, 0.25) is 0 Å². The third-order valence-corrected chi connectivity index (χ3v) is 2.92. The van der Waals surface area contributed by atoms with Crippen LogP contribution in [0.5, 0.6) is 0 Å². The van der Waals surface area contributed by atoms with Gasteiger partial charge in [0.1, 0.15) is 6.33 Å². The van der Waals surface area contributed by atoms with Crippen molar-refractivity contribution in [2.24, 2.45) is 0 Å². The number of hydrogen-bond acceptors (Lipinski definition) is 4. The highest BCUT2D eigenvalue weighted by molar-refractivity contribution is 5.90. The van der Waals surface area contributed by atoms with Gasteiger partial charge in [0, 0.05) is 6.61 Å². The number of nitrogens with one attached hydrogen (secondary N) is 2. The largest absolute Gasteiger partial charge is 0.376 e. The number of rotatable bonds is 2. The fourth-order valence-corrected chi connectivity index (χ4v) is 1.63. The van der Waals surface area contributed by atoms with Crippen molar-refractivity contribution in [3.8, 4) is 0 Å². The van der Waals surface area contributed by atoms with Gasteiger partial charge in [-0.1, -0.05) is 0 Å². The van der Waals surface area contributed by atoms with E-state index in [1.807, 2.05) is 13.8 Å². The van der Waals surface area contributed by atoms with Crippen LogP contribution in [-0.4, -0.2) is 39.3 Å². The average Bonchev–Trinajstić information content (AvgIpc) is 2.78. The van der Waals surface area contributed by atoms with Gasteiger partial charge in [-0.15, -0.1) is 0 Å². The molecule has 2 N–H and O–H groups in total. The lowest BCUT2D eigenvalue weighted by Crippen LogP contribution is -2.50. The third kappa shape index (κ3) is 1.85. The number of aromatic amines is 1. The summed E-state index contributed by atoms with van der Waals surface area (Å²) in [7, 11) is 0. The monoisotopic (exact) mass is 210 g/mol. The van der Waals surface area contributed by atoms with E-state index in [4.69, 9.17) is 4.74 Å². The molecule has 2 atom stereocenters. The van der Waals surface area contributed by atoms with Crippen molar-refractivity contribution in [2.75, 3.05) is 6.61 Å². The molecule has 0 spiro atoms. The molecule has 0 saturated carbocycles. The zero-order valence-corrected chi connectivity index (χ0v) is 8.78. The Kier molecular flexibility index (Phi) is 2.44. The number of hydrogen-bond donors (Lipinski definition) is 2. The fraction of sp³-hybridized carbons (Fsp3) is 0.667. The van der Waals surface area contributed by atoms with E-state index in [1.165, 1.54) is 6.33 Å². The van der Waals surface area contributed by atoms with Gasteiger partial charge in [0.15, 0.2) is 0 Å². The minimum absolute atomic E-state index is 0.0179. The molecular formula is C9H14N4O2. The van der Waals surface area contributed by atoms with Crippen LogP contribution >= 0.6 is 0 Å². The summed E-state index contributed by atoms with van der Waals surface area (Å²) in [5, 5.41) is 9.07. The molecule has 82 valence electrons. The molecule has 15 heavy (non-hydrogen) atoms. The minimum atomic E-state index is -0.316. The number of nitrogens with zero attached hydrogens (tertiary/aromatic N) is 2. The summed E-state index contributed by atoms with van der Waals surface area (Å²) >= 11 is 0. The normalized spacial score (nSPS) is 30.4. The Labute approximate surface area is 87.4 Å². The van der Waals surface area contributed by atoms with Gasteiger partial charge in [0.2, 0.25) is 5.82 Å². The van der Waals surface area contributed by atoms with E-state index < -0.39 is 0 Å². The molecule has 1 saturated heterocycles. The molecule has 2 heterocycles. The highest BCUT2D eigenvalue weighted by atomic mass is 16.5. The Balaban J connectivity index is 2.06. The average molecular weight is 210 g/mol. The van der Waals surface area contributed by atoms with Crippen molar-refractivity contribution >= 4 is 5.91 Å². The first-order valence-corrected chi connectivity index (χ1v) is 4.91. The highest BCUT2D eigenvalue weighted by Gasteiger charge is 2.38. The van der Waals surface area contributed by atoms with E-state index in [9.17, 15) is 4.79 Å². The molecule has 6 heteroatoms. The lowest BCUT2D eigenvalue weighted by Gasteiger charge is -2.28. The van der Waals surface area contributed by atoms with Gasteiger partial charge in [-0.05, 0) is 20.3 Å². The molecule has 0 aliphatic carbocycles. The van der Waals surface area contributed by atoms with Crippen LogP contribution in [0.25, 0.3) is 0 Å². The Morgan fingerprint density at radius 3 is 3.13 bits per heavy atom. The van der Waals surface area contributed by atoms with Crippen molar-refractivity contribution in [3.05, 3.63) is 12.2 Å². The predicted molar refractivity (Wildman–Crippen MR) is 52.3 cm³/mol. The molecule has 2 rings (SSSR count). The quantitative estimate of drug-likeness (QED) is 0.725. The van der Waals surface area contributed by atoms with Crippen molar-refractivity contribution < 1.29 is 9.53 Å². The first-order chi connectivity index (χ1) is 7.12. The van der Waals surface area contributed by atoms with Gasteiger partial charge < -0.3 is 10.1 Å². The van der Waals surface area contributed by atoms with Crippen molar-refractivity contribution in [1.29, 1.82) is 0 Å². The maximum absolute atomic E-state index is 11.7.